The monoisotopic (exact) mass is 178 g/mol. The smallest absolute Gasteiger partial charge is 0.227 e. The summed E-state index contributed by atoms with van der Waals surface area (Å²) in [5.74, 6) is -0.153. The first kappa shape index (κ1) is 8.19. The number of pyridine rings is 1. The molecule has 0 radical (unpaired) electrons. The van der Waals surface area contributed by atoms with Crippen LogP contribution in [0.1, 0.15) is 12.1 Å². The third-order valence-electron chi connectivity index (χ3n) is 2.01. The van der Waals surface area contributed by atoms with Crippen LogP contribution in [0.15, 0.2) is 18.3 Å². The number of aliphatic hydroxyl groups is 1. The van der Waals surface area contributed by atoms with Crippen LogP contribution in [0.2, 0.25) is 0 Å². The third-order valence-corrected chi connectivity index (χ3v) is 2.01. The van der Waals surface area contributed by atoms with Crippen molar-refractivity contribution in [2.45, 2.75) is 18.9 Å². The molecule has 4 nitrogen and oxygen atoms in total. The normalized spacial score (nSPS) is 21.6. The Hall–Kier alpha value is -1.42. The molecule has 0 bridgehead atoms. The van der Waals surface area contributed by atoms with Crippen molar-refractivity contribution in [3.05, 3.63) is 24.0 Å². The molecule has 4 heteroatoms. The Balaban J connectivity index is 2.38. The summed E-state index contributed by atoms with van der Waals surface area (Å²) in [7, 11) is 0. The minimum Gasteiger partial charge on any atom is -0.392 e. The van der Waals surface area contributed by atoms with Crippen LogP contribution in [0.4, 0.5) is 5.69 Å². The van der Waals surface area contributed by atoms with Crippen molar-refractivity contribution in [3.63, 3.8) is 0 Å². The standard InChI is InChI=1S/C9H10N2O2/c12-6-4-8-7(2-1-3-10-8)11-9(13)5-6/h1-3,6,12H,4-5H2,(H,11,13). The molecule has 2 heterocycles. The molecule has 1 atom stereocenters. The van der Waals surface area contributed by atoms with Crippen LogP contribution in [-0.2, 0) is 11.2 Å². The predicted molar refractivity (Wildman–Crippen MR) is 47.2 cm³/mol. The minimum absolute atomic E-state index is 0.149. The van der Waals surface area contributed by atoms with Crippen LogP contribution in [0.25, 0.3) is 0 Å². The molecular formula is C9H10N2O2. The van der Waals surface area contributed by atoms with Gasteiger partial charge in [0.25, 0.3) is 0 Å². The number of aliphatic hydroxyl groups excluding tert-OH is 1. The van der Waals surface area contributed by atoms with Gasteiger partial charge in [-0.3, -0.25) is 9.78 Å². The highest BCUT2D eigenvalue weighted by atomic mass is 16.3. The zero-order chi connectivity index (χ0) is 9.26. The molecule has 0 aromatic carbocycles. The van der Waals surface area contributed by atoms with Crippen LogP contribution in [0, 0.1) is 0 Å². The van der Waals surface area contributed by atoms with Crippen LogP contribution in [0.5, 0.6) is 0 Å². The maximum absolute atomic E-state index is 11.2. The van der Waals surface area contributed by atoms with Gasteiger partial charge in [-0.15, -0.1) is 0 Å². The highest BCUT2D eigenvalue weighted by molar-refractivity contribution is 5.92. The fourth-order valence-corrected chi connectivity index (χ4v) is 1.43. The first-order chi connectivity index (χ1) is 6.25. The second-order valence-corrected chi connectivity index (χ2v) is 3.11. The molecule has 2 rings (SSSR count). The molecular weight excluding hydrogens is 168 g/mol. The van der Waals surface area contributed by atoms with Crippen LogP contribution in [-0.4, -0.2) is 22.1 Å². The lowest BCUT2D eigenvalue weighted by atomic mass is 10.1. The van der Waals surface area contributed by atoms with Gasteiger partial charge in [0.05, 0.1) is 23.9 Å². The summed E-state index contributed by atoms with van der Waals surface area (Å²) in [6, 6.07) is 3.55. The van der Waals surface area contributed by atoms with Gasteiger partial charge in [0.15, 0.2) is 0 Å². The fourth-order valence-electron chi connectivity index (χ4n) is 1.43. The SMILES string of the molecule is O=C1CC(O)Cc2ncccc2N1. The Morgan fingerprint density at radius 2 is 2.38 bits per heavy atom. The first-order valence-electron chi connectivity index (χ1n) is 4.17. The first-order valence-corrected chi connectivity index (χ1v) is 4.17. The van der Waals surface area contributed by atoms with E-state index in [4.69, 9.17) is 0 Å². The van der Waals surface area contributed by atoms with Crippen molar-refractivity contribution in [2.75, 3.05) is 5.32 Å². The van der Waals surface area contributed by atoms with E-state index in [2.05, 4.69) is 10.3 Å². The van der Waals surface area contributed by atoms with Gasteiger partial charge in [-0.25, -0.2) is 0 Å². The Kier molecular flexibility index (Phi) is 1.98. The summed E-state index contributed by atoms with van der Waals surface area (Å²) in [6.07, 6.45) is 1.63. The lowest BCUT2D eigenvalue weighted by Gasteiger charge is -2.04. The Bertz CT molecular complexity index is 338. The van der Waals surface area contributed by atoms with E-state index in [-0.39, 0.29) is 12.3 Å². The van der Waals surface area contributed by atoms with Gasteiger partial charge in [-0.2, -0.15) is 0 Å². The maximum Gasteiger partial charge on any atom is 0.227 e. The molecule has 0 fully saturated rings. The number of hydrogen-bond acceptors (Lipinski definition) is 3. The number of aromatic nitrogens is 1. The highest BCUT2D eigenvalue weighted by Crippen LogP contribution is 2.18. The van der Waals surface area contributed by atoms with Crippen molar-refractivity contribution in [1.82, 2.24) is 4.98 Å². The summed E-state index contributed by atoms with van der Waals surface area (Å²) in [4.78, 5) is 15.2. The Labute approximate surface area is 75.6 Å². The molecule has 0 aliphatic carbocycles. The number of rotatable bonds is 0. The molecule has 0 spiro atoms. The summed E-state index contributed by atoms with van der Waals surface area (Å²) in [6.45, 7) is 0. The van der Waals surface area contributed by atoms with E-state index < -0.39 is 6.10 Å². The zero-order valence-electron chi connectivity index (χ0n) is 7.03. The number of anilines is 1. The quantitative estimate of drug-likeness (QED) is 0.601. The van der Waals surface area contributed by atoms with Crippen molar-refractivity contribution in [1.29, 1.82) is 0 Å². The van der Waals surface area contributed by atoms with E-state index >= 15 is 0 Å². The van der Waals surface area contributed by atoms with E-state index in [1.807, 2.05) is 0 Å². The summed E-state index contributed by atoms with van der Waals surface area (Å²) in [5, 5.41) is 12.1. The number of carbonyl (C=O) groups is 1. The molecule has 1 aromatic heterocycles. The zero-order valence-corrected chi connectivity index (χ0v) is 7.03. The number of amides is 1. The molecule has 13 heavy (non-hydrogen) atoms. The van der Waals surface area contributed by atoms with Crippen LogP contribution < -0.4 is 5.32 Å². The molecule has 1 amide bonds. The number of nitrogens with one attached hydrogen (secondary N) is 1. The van der Waals surface area contributed by atoms with Crippen molar-refractivity contribution in [3.8, 4) is 0 Å². The molecule has 2 N–H and O–H groups in total. The Morgan fingerprint density at radius 3 is 3.23 bits per heavy atom. The second-order valence-electron chi connectivity index (χ2n) is 3.11. The lowest BCUT2D eigenvalue weighted by molar-refractivity contribution is -0.117. The summed E-state index contributed by atoms with van der Waals surface area (Å²) in [5.41, 5.74) is 1.46. The van der Waals surface area contributed by atoms with Gasteiger partial charge in [0, 0.05) is 12.6 Å². The Morgan fingerprint density at radius 1 is 1.54 bits per heavy atom. The molecule has 68 valence electrons. The lowest BCUT2D eigenvalue weighted by Crippen LogP contribution is -2.16. The van der Waals surface area contributed by atoms with Crippen molar-refractivity contribution < 1.29 is 9.90 Å². The van der Waals surface area contributed by atoms with E-state index in [0.717, 1.165) is 5.69 Å². The van der Waals surface area contributed by atoms with Gasteiger partial charge in [0.1, 0.15) is 0 Å². The van der Waals surface area contributed by atoms with E-state index in [1.54, 1.807) is 18.3 Å². The minimum atomic E-state index is -0.615. The topological polar surface area (TPSA) is 62.2 Å². The molecule has 1 unspecified atom stereocenters. The number of hydrogen-bond donors (Lipinski definition) is 2. The van der Waals surface area contributed by atoms with E-state index in [1.165, 1.54) is 0 Å². The highest BCUT2D eigenvalue weighted by Gasteiger charge is 2.19. The summed E-state index contributed by atoms with van der Waals surface area (Å²) < 4.78 is 0. The predicted octanol–water partition coefficient (Wildman–Crippen LogP) is 0.327. The van der Waals surface area contributed by atoms with E-state index in [0.29, 0.717) is 12.1 Å². The van der Waals surface area contributed by atoms with Gasteiger partial charge in [-0.05, 0) is 12.1 Å². The number of nitrogens with zero attached hydrogens (tertiary/aromatic N) is 1. The van der Waals surface area contributed by atoms with Gasteiger partial charge < -0.3 is 10.4 Å². The average Bonchev–Trinajstić information content (AvgIpc) is 2.20. The van der Waals surface area contributed by atoms with Gasteiger partial charge >= 0.3 is 0 Å². The van der Waals surface area contributed by atoms with E-state index in [9.17, 15) is 9.90 Å². The average molecular weight is 178 g/mol. The molecule has 0 saturated heterocycles. The molecule has 1 aliphatic rings. The van der Waals surface area contributed by atoms with Crippen LogP contribution >= 0.6 is 0 Å². The fraction of sp³-hybridized carbons (Fsp3) is 0.333. The third kappa shape index (κ3) is 1.67. The largest absolute Gasteiger partial charge is 0.392 e. The molecule has 1 aromatic rings. The summed E-state index contributed by atoms with van der Waals surface area (Å²) >= 11 is 0. The second kappa shape index (κ2) is 3.14. The molecule has 0 saturated carbocycles. The van der Waals surface area contributed by atoms with Gasteiger partial charge in [0.2, 0.25) is 5.91 Å². The van der Waals surface area contributed by atoms with Crippen molar-refractivity contribution >= 4 is 11.6 Å². The number of carbonyl (C=O) groups excluding carboxylic acids is 1. The van der Waals surface area contributed by atoms with Crippen molar-refractivity contribution in [2.24, 2.45) is 0 Å². The number of fused-ring (bicyclic) bond motifs is 1. The van der Waals surface area contributed by atoms with Gasteiger partial charge in [-0.1, -0.05) is 0 Å². The molecule has 1 aliphatic heterocycles. The maximum atomic E-state index is 11.2. The van der Waals surface area contributed by atoms with Crippen LogP contribution in [0.3, 0.4) is 0 Å².